The summed E-state index contributed by atoms with van der Waals surface area (Å²) in [5, 5.41) is 5.18. The van der Waals surface area contributed by atoms with Gasteiger partial charge in [0, 0.05) is 11.4 Å². The van der Waals surface area contributed by atoms with Crippen molar-refractivity contribution < 1.29 is 18.7 Å². The van der Waals surface area contributed by atoms with Crippen molar-refractivity contribution >= 4 is 23.4 Å². The molecule has 0 saturated carbocycles. The summed E-state index contributed by atoms with van der Waals surface area (Å²) >= 11 is 0. The number of benzene rings is 2. The van der Waals surface area contributed by atoms with Gasteiger partial charge >= 0.3 is 6.09 Å². The van der Waals surface area contributed by atoms with Crippen LogP contribution in [0, 0.1) is 5.82 Å². The van der Waals surface area contributed by atoms with E-state index in [4.69, 9.17) is 4.74 Å². The Morgan fingerprint density at radius 2 is 1.46 bits per heavy atom. The van der Waals surface area contributed by atoms with Crippen LogP contribution in [0.25, 0.3) is 0 Å². The maximum absolute atomic E-state index is 13.6. The molecule has 24 heavy (non-hydrogen) atoms. The minimum Gasteiger partial charge on any atom is -0.444 e. The summed E-state index contributed by atoms with van der Waals surface area (Å²) in [7, 11) is 0. The molecule has 0 heterocycles. The Morgan fingerprint density at radius 3 is 2.00 bits per heavy atom. The molecule has 0 atom stereocenters. The van der Waals surface area contributed by atoms with Gasteiger partial charge in [0.1, 0.15) is 11.4 Å². The fourth-order valence-electron chi connectivity index (χ4n) is 1.90. The summed E-state index contributed by atoms with van der Waals surface area (Å²) in [6.45, 7) is 5.32. The largest absolute Gasteiger partial charge is 0.444 e. The number of hydrogen-bond donors (Lipinski definition) is 2. The van der Waals surface area contributed by atoms with E-state index in [9.17, 15) is 14.0 Å². The van der Waals surface area contributed by atoms with E-state index in [1.165, 1.54) is 18.2 Å². The lowest BCUT2D eigenvalue weighted by molar-refractivity contribution is 0.0635. The predicted molar refractivity (Wildman–Crippen MR) is 90.7 cm³/mol. The lowest BCUT2D eigenvalue weighted by Gasteiger charge is -2.19. The first-order valence-corrected chi connectivity index (χ1v) is 7.40. The smallest absolute Gasteiger partial charge is 0.412 e. The van der Waals surface area contributed by atoms with Gasteiger partial charge in [-0.3, -0.25) is 10.1 Å². The Labute approximate surface area is 139 Å². The maximum atomic E-state index is 13.6. The highest BCUT2D eigenvalue weighted by molar-refractivity contribution is 6.04. The molecule has 2 N–H and O–H groups in total. The number of nitrogens with one attached hydrogen (secondary N) is 2. The van der Waals surface area contributed by atoms with Gasteiger partial charge in [0.25, 0.3) is 5.91 Å². The number of rotatable bonds is 3. The normalized spacial score (nSPS) is 10.8. The van der Waals surface area contributed by atoms with Crippen LogP contribution < -0.4 is 10.6 Å². The van der Waals surface area contributed by atoms with Crippen LogP contribution in [0.15, 0.2) is 48.5 Å². The van der Waals surface area contributed by atoms with Gasteiger partial charge in [0.15, 0.2) is 0 Å². The summed E-state index contributed by atoms with van der Waals surface area (Å²) < 4.78 is 18.7. The molecule has 2 amide bonds. The molecule has 0 spiro atoms. The molecule has 2 aromatic carbocycles. The minimum atomic E-state index is -0.586. The zero-order chi connectivity index (χ0) is 17.7. The van der Waals surface area contributed by atoms with E-state index in [1.54, 1.807) is 51.1 Å². The molecule has 2 aromatic rings. The maximum Gasteiger partial charge on any atom is 0.412 e. The van der Waals surface area contributed by atoms with Crippen molar-refractivity contribution in [2.45, 2.75) is 26.4 Å². The highest BCUT2D eigenvalue weighted by atomic mass is 19.1. The van der Waals surface area contributed by atoms with E-state index >= 15 is 0 Å². The highest BCUT2D eigenvalue weighted by Crippen LogP contribution is 2.17. The molecular weight excluding hydrogens is 311 g/mol. The van der Waals surface area contributed by atoms with Gasteiger partial charge in [-0.15, -0.1) is 0 Å². The molecule has 0 unspecified atom stereocenters. The Morgan fingerprint density at radius 1 is 0.917 bits per heavy atom. The van der Waals surface area contributed by atoms with E-state index in [1.807, 2.05) is 0 Å². The van der Waals surface area contributed by atoms with Gasteiger partial charge in [0.05, 0.1) is 5.56 Å². The summed E-state index contributed by atoms with van der Waals surface area (Å²) in [5.41, 5.74) is 0.386. The molecule has 0 aliphatic rings. The number of anilines is 2. The molecule has 0 radical (unpaired) electrons. The van der Waals surface area contributed by atoms with E-state index in [0.717, 1.165) is 0 Å². The van der Waals surface area contributed by atoms with Crippen molar-refractivity contribution in [1.82, 2.24) is 0 Å². The van der Waals surface area contributed by atoms with Crippen LogP contribution in [-0.2, 0) is 4.74 Å². The minimum absolute atomic E-state index is 0.0338. The van der Waals surface area contributed by atoms with Gasteiger partial charge in [-0.25, -0.2) is 9.18 Å². The lowest BCUT2D eigenvalue weighted by atomic mass is 10.2. The van der Waals surface area contributed by atoms with Crippen molar-refractivity contribution in [2.75, 3.05) is 10.6 Å². The van der Waals surface area contributed by atoms with Gasteiger partial charge in [-0.05, 0) is 57.2 Å². The number of carbonyl (C=O) groups is 2. The topological polar surface area (TPSA) is 67.4 Å². The third-order valence-electron chi connectivity index (χ3n) is 2.91. The Hall–Kier alpha value is -2.89. The fraction of sp³-hybridized carbons (Fsp3) is 0.222. The third-order valence-corrected chi connectivity index (χ3v) is 2.91. The van der Waals surface area contributed by atoms with Crippen LogP contribution in [0.5, 0.6) is 0 Å². The average Bonchev–Trinajstić information content (AvgIpc) is 2.47. The average molecular weight is 330 g/mol. The first-order chi connectivity index (χ1) is 11.2. The Bertz CT molecular complexity index is 737. The Balaban J connectivity index is 1.98. The van der Waals surface area contributed by atoms with Crippen LogP contribution in [0.3, 0.4) is 0 Å². The van der Waals surface area contributed by atoms with E-state index < -0.39 is 23.4 Å². The van der Waals surface area contributed by atoms with E-state index in [0.29, 0.717) is 11.4 Å². The molecule has 6 heteroatoms. The summed E-state index contributed by atoms with van der Waals surface area (Å²) in [6.07, 6.45) is -0.564. The van der Waals surface area contributed by atoms with Crippen molar-refractivity contribution in [2.24, 2.45) is 0 Å². The quantitative estimate of drug-likeness (QED) is 0.875. The number of hydrogen-bond acceptors (Lipinski definition) is 3. The molecule has 0 saturated heterocycles. The molecule has 2 rings (SSSR count). The second-order valence-corrected chi connectivity index (χ2v) is 6.14. The van der Waals surface area contributed by atoms with Gasteiger partial charge < -0.3 is 10.1 Å². The molecule has 126 valence electrons. The van der Waals surface area contributed by atoms with Gasteiger partial charge in [-0.1, -0.05) is 12.1 Å². The van der Waals surface area contributed by atoms with Crippen LogP contribution in [0.4, 0.5) is 20.6 Å². The molecule has 0 aromatic heterocycles. The van der Waals surface area contributed by atoms with Crippen molar-refractivity contribution in [3.05, 3.63) is 59.9 Å². The van der Waals surface area contributed by atoms with Gasteiger partial charge in [-0.2, -0.15) is 0 Å². The summed E-state index contributed by atoms with van der Waals surface area (Å²) in [4.78, 5) is 23.7. The van der Waals surface area contributed by atoms with Crippen molar-refractivity contribution in [3.63, 3.8) is 0 Å². The third kappa shape index (κ3) is 5.08. The number of ether oxygens (including phenoxy) is 1. The molecule has 0 aliphatic carbocycles. The van der Waals surface area contributed by atoms with E-state index in [2.05, 4.69) is 10.6 Å². The lowest BCUT2D eigenvalue weighted by Crippen LogP contribution is -2.27. The van der Waals surface area contributed by atoms with E-state index in [-0.39, 0.29) is 5.56 Å². The summed E-state index contributed by atoms with van der Waals surface area (Å²) in [5.74, 6) is -1.13. The van der Waals surface area contributed by atoms with Crippen molar-refractivity contribution in [3.8, 4) is 0 Å². The monoisotopic (exact) mass is 330 g/mol. The number of carbonyl (C=O) groups excluding carboxylic acids is 2. The first-order valence-electron chi connectivity index (χ1n) is 7.40. The molecule has 5 nitrogen and oxygen atoms in total. The number of amides is 2. The van der Waals surface area contributed by atoms with Crippen molar-refractivity contribution in [1.29, 1.82) is 0 Å². The fourth-order valence-corrected chi connectivity index (χ4v) is 1.90. The molecule has 0 bridgehead atoms. The van der Waals surface area contributed by atoms with Crippen LogP contribution in [-0.4, -0.2) is 17.6 Å². The Kier molecular flexibility index (Phi) is 5.18. The van der Waals surface area contributed by atoms with Crippen LogP contribution in [0.1, 0.15) is 31.1 Å². The zero-order valence-electron chi connectivity index (χ0n) is 13.7. The standard InChI is InChI=1S/C18H19FN2O3/c1-18(2,3)24-17(23)21-13-10-8-12(9-11-13)20-16(22)14-6-4-5-7-15(14)19/h4-11H,1-3H3,(H,20,22)(H,21,23). The summed E-state index contributed by atoms with van der Waals surface area (Å²) in [6, 6.07) is 12.2. The first kappa shape index (κ1) is 17.5. The van der Waals surface area contributed by atoms with Crippen LogP contribution in [0.2, 0.25) is 0 Å². The molecule has 0 aliphatic heterocycles. The predicted octanol–water partition coefficient (Wildman–Crippen LogP) is 4.43. The second kappa shape index (κ2) is 7.12. The zero-order valence-corrected chi connectivity index (χ0v) is 13.7. The van der Waals surface area contributed by atoms with Crippen LogP contribution >= 0.6 is 0 Å². The SMILES string of the molecule is CC(C)(C)OC(=O)Nc1ccc(NC(=O)c2ccccc2F)cc1. The highest BCUT2D eigenvalue weighted by Gasteiger charge is 2.16. The number of halogens is 1. The molecule has 0 fully saturated rings. The second-order valence-electron chi connectivity index (χ2n) is 6.14. The molecular formula is C18H19FN2O3. The van der Waals surface area contributed by atoms with Gasteiger partial charge in [0.2, 0.25) is 0 Å².